The van der Waals surface area contributed by atoms with Gasteiger partial charge in [0.05, 0.1) is 12.3 Å². The van der Waals surface area contributed by atoms with Crippen LogP contribution in [-0.2, 0) is 4.74 Å². The molecule has 9 nitrogen and oxygen atoms in total. The standard InChI is InChI=1S/C23H31N5O4/c1-5-31-18-9-6-8-17(16-18)25-21(29)26-19-10-7-11-24-20(19)27-12-14-28(15-13-27)22(30)32-23(2,3)4/h6-11,16H,5,12-15H2,1-4H3,(H2,25,26,29). The van der Waals surface area contributed by atoms with Gasteiger partial charge in [-0.2, -0.15) is 0 Å². The average Bonchev–Trinajstić information content (AvgIpc) is 2.73. The molecule has 2 N–H and O–H groups in total. The van der Waals surface area contributed by atoms with Gasteiger partial charge in [-0.15, -0.1) is 0 Å². The molecule has 0 spiro atoms. The second-order valence-electron chi connectivity index (χ2n) is 8.37. The van der Waals surface area contributed by atoms with Gasteiger partial charge in [0.1, 0.15) is 11.4 Å². The van der Waals surface area contributed by atoms with E-state index in [-0.39, 0.29) is 12.1 Å². The van der Waals surface area contributed by atoms with Gasteiger partial charge in [-0.25, -0.2) is 14.6 Å². The van der Waals surface area contributed by atoms with Crippen LogP contribution in [0.1, 0.15) is 27.7 Å². The Hall–Kier alpha value is -3.49. The number of carbonyl (C=O) groups is 2. The number of benzene rings is 1. The van der Waals surface area contributed by atoms with E-state index >= 15 is 0 Å². The minimum Gasteiger partial charge on any atom is -0.494 e. The van der Waals surface area contributed by atoms with Crippen LogP contribution in [0.25, 0.3) is 0 Å². The molecule has 32 heavy (non-hydrogen) atoms. The normalized spacial score (nSPS) is 14.0. The zero-order valence-corrected chi connectivity index (χ0v) is 19.1. The lowest BCUT2D eigenvalue weighted by Gasteiger charge is -2.36. The number of rotatable bonds is 5. The van der Waals surface area contributed by atoms with Crippen molar-refractivity contribution in [3.05, 3.63) is 42.6 Å². The molecule has 9 heteroatoms. The van der Waals surface area contributed by atoms with Gasteiger partial charge < -0.3 is 29.9 Å². The molecule has 1 aliphatic heterocycles. The molecule has 172 valence electrons. The Labute approximate surface area is 188 Å². The number of amides is 3. The van der Waals surface area contributed by atoms with Gasteiger partial charge in [-0.3, -0.25) is 0 Å². The highest BCUT2D eigenvalue weighted by molar-refractivity contribution is 6.01. The minimum atomic E-state index is -0.526. The van der Waals surface area contributed by atoms with Gasteiger partial charge in [0, 0.05) is 44.1 Å². The summed E-state index contributed by atoms with van der Waals surface area (Å²) in [6, 6.07) is 10.4. The highest BCUT2D eigenvalue weighted by Crippen LogP contribution is 2.25. The summed E-state index contributed by atoms with van der Waals surface area (Å²) in [5, 5.41) is 5.69. The molecule has 3 amide bonds. The number of nitrogens with zero attached hydrogens (tertiary/aromatic N) is 3. The number of ether oxygens (including phenoxy) is 2. The van der Waals surface area contributed by atoms with E-state index in [9.17, 15) is 9.59 Å². The lowest BCUT2D eigenvalue weighted by atomic mass is 10.2. The van der Waals surface area contributed by atoms with E-state index < -0.39 is 5.60 Å². The van der Waals surface area contributed by atoms with Gasteiger partial charge in [0.2, 0.25) is 0 Å². The Morgan fingerprint density at radius 1 is 1.06 bits per heavy atom. The van der Waals surface area contributed by atoms with Gasteiger partial charge in [-0.05, 0) is 52.0 Å². The van der Waals surface area contributed by atoms with Crippen LogP contribution in [0.3, 0.4) is 0 Å². The quantitative estimate of drug-likeness (QED) is 0.723. The highest BCUT2D eigenvalue weighted by Gasteiger charge is 2.27. The summed E-state index contributed by atoms with van der Waals surface area (Å²) in [6.07, 6.45) is 1.37. The SMILES string of the molecule is CCOc1cccc(NC(=O)Nc2cccnc2N2CCN(C(=O)OC(C)(C)C)CC2)c1. The summed E-state index contributed by atoms with van der Waals surface area (Å²) in [5.41, 5.74) is 0.698. The number of pyridine rings is 1. The molecular formula is C23H31N5O4. The Bertz CT molecular complexity index is 936. The first kappa shape index (κ1) is 23.2. The van der Waals surface area contributed by atoms with Crippen molar-refractivity contribution < 1.29 is 19.1 Å². The van der Waals surface area contributed by atoms with Crippen molar-refractivity contribution in [1.82, 2.24) is 9.88 Å². The second kappa shape index (κ2) is 10.2. The molecule has 1 aliphatic rings. The third-order valence-corrected chi connectivity index (χ3v) is 4.67. The lowest BCUT2D eigenvalue weighted by molar-refractivity contribution is 0.0240. The van der Waals surface area contributed by atoms with E-state index in [2.05, 4.69) is 15.6 Å². The first-order chi connectivity index (χ1) is 15.2. The van der Waals surface area contributed by atoms with Crippen LogP contribution >= 0.6 is 0 Å². The van der Waals surface area contributed by atoms with Crippen molar-refractivity contribution in [3.63, 3.8) is 0 Å². The van der Waals surface area contributed by atoms with Gasteiger partial charge >= 0.3 is 12.1 Å². The Morgan fingerprint density at radius 3 is 2.50 bits per heavy atom. The molecule has 0 unspecified atom stereocenters. The van der Waals surface area contributed by atoms with Crippen LogP contribution in [0.5, 0.6) is 5.75 Å². The molecule has 0 aliphatic carbocycles. The topological polar surface area (TPSA) is 96.0 Å². The van der Waals surface area contributed by atoms with E-state index in [0.29, 0.717) is 55.7 Å². The Morgan fingerprint density at radius 2 is 1.81 bits per heavy atom. The van der Waals surface area contributed by atoms with Crippen LogP contribution < -0.4 is 20.3 Å². The van der Waals surface area contributed by atoms with Gasteiger partial charge in [0.25, 0.3) is 0 Å². The molecule has 1 fully saturated rings. The number of hydrogen-bond acceptors (Lipinski definition) is 6. The Balaban J connectivity index is 1.61. The molecule has 1 saturated heterocycles. The monoisotopic (exact) mass is 441 g/mol. The number of carbonyl (C=O) groups excluding carboxylic acids is 2. The average molecular weight is 442 g/mol. The molecule has 0 atom stereocenters. The van der Waals surface area contributed by atoms with Crippen molar-refractivity contribution in [2.75, 3.05) is 48.3 Å². The van der Waals surface area contributed by atoms with Crippen molar-refractivity contribution in [1.29, 1.82) is 0 Å². The van der Waals surface area contributed by atoms with E-state index in [1.807, 2.05) is 44.7 Å². The first-order valence-electron chi connectivity index (χ1n) is 10.7. The van der Waals surface area contributed by atoms with Gasteiger partial charge in [-0.1, -0.05) is 6.07 Å². The van der Waals surface area contributed by atoms with Gasteiger partial charge in [0.15, 0.2) is 5.82 Å². The van der Waals surface area contributed by atoms with E-state index in [1.165, 1.54) is 0 Å². The maximum Gasteiger partial charge on any atom is 0.410 e. The Kier molecular flexibility index (Phi) is 7.40. The van der Waals surface area contributed by atoms with Crippen molar-refractivity contribution in [2.24, 2.45) is 0 Å². The first-order valence-corrected chi connectivity index (χ1v) is 10.7. The molecule has 2 aromatic rings. The van der Waals surface area contributed by atoms with E-state index in [1.54, 1.807) is 35.4 Å². The van der Waals surface area contributed by atoms with E-state index in [4.69, 9.17) is 9.47 Å². The van der Waals surface area contributed by atoms with Crippen LogP contribution in [0.4, 0.5) is 26.8 Å². The molecule has 2 heterocycles. The number of hydrogen-bond donors (Lipinski definition) is 2. The minimum absolute atomic E-state index is 0.315. The third kappa shape index (κ3) is 6.50. The fourth-order valence-corrected chi connectivity index (χ4v) is 3.29. The largest absolute Gasteiger partial charge is 0.494 e. The number of urea groups is 1. The summed E-state index contributed by atoms with van der Waals surface area (Å²) in [6.45, 7) is 10.2. The smallest absolute Gasteiger partial charge is 0.410 e. The van der Waals surface area contributed by atoms with Crippen LogP contribution in [0.2, 0.25) is 0 Å². The molecule has 1 aromatic heterocycles. The van der Waals surface area contributed by atoms with Crippen molar-refractivity contribution >= 4 is 29.3 Å². The predicted molar refractivity (Wildman–Crippen MR) is 125 cm³/mol. The summed E-state index contributed by atoms with van der Waals surface area (Å²) in [5.74, 6) is 1.35. The molecule has 3 rings (SSSR count). The molecule has 1 aromatic carbocycles. The van der Waals surface area contributed by atoms with Crippen LogP contribution in [0, 0.1) is 0 Å². The molecule has 0 saturated carbocycles. The number of anilines is 3. The fraction of sp³-hybridized carbons (Fsp3) is 0.435. The molecule has 0 bridgehead atoms. The summed E-state index contributed by atoms with van der Waals surface area (Å²) in [4.78, 5) is 33.1. The lowest BCUT2D eigenvalue weighted by Crippen LogP contribution is -2.50. The predicted octanol–water partition coefficient (Wildman–Crippen LogP) is 4.18. The number of aromatic nitrogens is 1. The van der Waals surface area contributed by atoms with E-state index in [0.717, 1.165) is 0 Å². The third-order valence-electron chi connectivity index (χ3n) is 4.67. The van der Waals surface area contributed by atoms with Crippen molar-refractivity contribution in [3.8, 4) is 5.75 Å². The number of nitrogens with one attached hydrogen (secondary N) is 2. The zero-order chi connectivity index (χ0) is 23.1. The van der Waals surface area contributed by atoms with Crippen LogP contribution in [-0.4, -0.2) is 60.4 Å². The number of piperazine rings is 1. The van der Waals surface area contributed by atoms with Crippen LogP contribution in [0.15, 0.2) is 42.6 Å². The zero-order valence-electron chi connectivity index (χ0n) is 19.1. The second-order valence-corrected chi connectivity index (χ2v) is 8.37. The summed E-state index contributed by atoms with van der Waals surface area (Å²) in [7, 11) is 0. The molecular weight excluding hydrogens is 410 g/mol. The maximum atomic E-state index is 12.6. The fourth-order valence-electron chi connectivity index (χ4n) is 3.29. The summed E-state index contributed by atoms with van der Waals surface area (Å²) >= 11 is 0. The molecule has 0 radical (unpaired) electrons. The maximum absolute atomic E-state index is 12.6. The van der Waals surface area contributed by atoms with Crippen molar-refractivity contribution in [2.45, 2.75) is 33.3 Å². The summed E-state index contributed by atoms with van der Waals surface area (Å²) < 4.78 is 10.9. The highest BCUT2D eigenvalue weighted by atomic mass is 16.6.